The Balaban J connectivity index is 1.42. The van der Waals surface area contributed by atoms with E-state index in [1.54, 1.807) is 36.2 Å². The molecule has 0 N–H and O–H groups in total. The summed E-state index contributed by atoms with van der Waals surface area (Å²) in [6, 6.07) is 9.27. The Morgan fingerprint density at radius 3 is 2.41 bits per heavy atom. The number of thiocarbonyl (C=S) groups is 1. The van der Waals surface area contributed by atoms with Gasteiger partial charge in [-0.15, -0.1) is 0 Å². The first kappa shape index (κ1) is 25.4. The van der Waals surface area contributed by atoms with Crippen LogP contribution in [0.25, 0.3) is 0 Å². The number of benzene rings is 1. The zero-order valence-corrected chi connectivity index (χ0v) is 20.8. The Morgan fingerprint density at radius 1 is 1.22 bits per heavy atom. The number of quaternary nitrogens is 1. The van der Waals surface area contributed by atoms with Gasteiger partial charge in [0.2, 0.25) is 0 Å². The van der Waals surface area contributed by atoms with Crippen LogP contribution < -0.4 is 14.5 Å². The number of rotatable bonds is 4. The summed E-state index contributed by atoms with van der Waals surface area (Å²) in [5, 5.41) is 21.2. The van der Waals surface area contributed by atoms with Crippen molar-refractivity contribution in [1.29, 1.82) is 5.26 Å². The third-order valence-electron chi connectivity index (χ3n) is 7.38. The third kappa shape index (κ3) is 4.41. The Kier molecular flexibility index (Phi) is 6.13. The van der Waals surface area contributed by atoms with Crippen LogP contribution in [-0.4, -0.2) is 52.4 Å². The summed E-state index contributed by atoms with van der Waals surface area (Å²) in [7, 11) is 1.66. The van der Waals surface area contributed by atoms with E-state index in [2.05, 4.69) is 4.98 Å². The monoisotopic (exact) mass is 531 g/mol. The number of aromatic nitrogens is 1. The molecular weight excluding hydrogens is 507 g/mol. The largest absolute Gasteiger partial charge is 0.633 e. The number of carbonyl (C=O) groups excluding carboxylic acids is 1. The SMILES string of the molecule is C[N@+]1([O-])CC[C@H](Oc2ccc(N3C(=S)N(c4cnc(C#N)c(C(F)(F)F)c4)C(=O)C34CCC4)cc2)CC1. The molecule has 37 heavy (non-hydrogen) atoms. The summed E-state index contributed by atoms with van der Waals surface area (Å²) >= 11 is 5.63. The molecule has 1 saturated carbocycles. The van der Waals surface area contributed by atoms with Gasteiger partial charge in [-0.1, -0.05) is 0 Å². The van der Waals surface area contributed by atoms with E-state index in [0.29, 0.717) is 50.2 Å². The number of hydrogen-bond donors (Lipinski definition) is 0. The highest BCUT2D eigenvalue weighted by atomic mass is 32.1. The molecule has 3 heterocycles. The average molecular weight is 532 g/mol. The van der Waals surface area contributed by atoms with Gasteiger partial charge in [0, 0.05) is 18.5 Å². The van der Waals surface area contributed by atoms with Crippen LogP contribution in [0.2, 0.25) is 0 Å². The number of nitriles is 1. The summed E-state index contributed by atoms with van der Waals surface area (Å²) in [5.41, 5.74) is -2.47. The molecule has 2 aromatic rings. The van der Waals surface area contributed by atoms with E-state index in [1.807, 2.05) is 0 Å². The highest BCUT2D eigenvalue weighted by molar-refractivity contribution is 7.81. The van der Waals surface area contributed by atoms with E-state index >= 15 is 0 Å². The fraction of sp³-hybridized carbons (Fsp3) is 0.440. The van der Waals surface area contributed by atoms with E-state index in [-0.39, 0.29) is 21.6 Å². The number of hydroxylamine groups is 3. The summed E-state index contributed by atoms with van der Waals surface area (Å²) in [6.45, 7) is 0.983. The maximum atomic E-state index is 13.6. The van der Waals surface area contributed by atoms with E-state index in [1.165, 1.54) is 6.07 Å². The van der Waals surface area contributed by atoms with Gasteiger partial charge in [0.1, 0.15) is 23.5 Å². The maximum Gasteiger partial charge on any atom is 0.419 e. The van der Waals surface area contributed by atoms with Gasteiger partial charge in [-0.05, 0) is 61.8 Å². The molecule has 3 aliphatic rings. The number of anilines is 2. The Hall–Kier alpha value is -3.27. The number of halogens is 3. The molecule has 1 spiro atoms. The number of pyridine rings is 1. The molecule has 0 bridgehead atoms. The predicted molar refractivity (Wildman–Crippen MR) is 132 cm³/mol. The molecule has 1 aliphatic carbocycles. The first-order valence-corrected chi connectivity index (χ1v) is 12.3. The van der Waals surface area contributed by atoms with Crippen LogP contribution in [0.4, 0.5) is 24.5 Å². The van der Waals surface area contributed by atoms with Crippen LogP contribution >= 0.6 is 12.2 Å². The van der Waals surface area contributed by atoms with Crippen molar-refractivity contribution in [3.8, 4) is 11.8 Å². The van der Waals surface area contributed by atoms with Crippen molar-refractivity contribution in [2.75, 3.05) is 29.9 Å². The fourth-order valence-electron chi connectivity index (χ4n) is 5.16. The van der Waals surface area contributed by atoms with Gasteiger partial charge < -0.3 is 19.5 Å². The van der Waals surface area contributed by atoms with Crippen LogP contribution in [0.5, 0.6) is 5.75 Å². The van der Waals surface area contributed by atoms with Crippen molar-refractivity contribution < 1.29 is 27.3 Å². The number of amides is 1. The summed E-state index contributed by atoms with van der Waals surface area (Å²) in [4.78, 5) is 20.0. The van der Waals surface area contributed by atoms with E-state index in [0.717, 1.165) is 23.6 Å². The van der Waals surface area contributed by atoms with Gasteiger partial charge in [-0.2, -0.15) is 18.4 Å². The highest BCUT2D eigenvalue weighted by Gasteiger charge is 2.59. The fourth-order valence-corrected chi connectivity index (χ4v) is 5.63. The second-order valence-electron chi connectivity index (χ2n) is 9.90. The van der Waals surface area contributed by atoms with Gasteiger partial charge in [0.05, 0.1) is 37.6 Å². The number of likely N-dealkylation sites (tertiary alicyclic amines) is 1. The second-order valence-corrected chi connectivity index (χ2v) is 10.3. The zero-order valence-electron chi connectivity index (χ0n) is 20.0. The standard InChI is InChI=1S/C25H24F3N5O3S/c1-33(35)11-7-19(8-12-33)36-18-5-3-16(4-6-18)32-23(37)31(22(34)24(32)9-2-10-24)17-13-20(25(26,27)28)21(14-29)30-15-17/h3-6,13,15,19H,2,7-12H2,1H3/t19-,33-. The second kappa shape index (κ2) is 8.93. The number of hydrogen-bond acceptors (Lipinski definition) is 6. The maximum absolute atomic E-state index is 13.6. The molecule has 2 saturated heterocycles. The van der Waals surface area contributed by atoms with Gasteiger partial charge in [0.15, 0.2) is 10.8 Å². The molecule has 2 aliphatic heterocycles. The van der Waals surface area contributed by atoms with E-state index < -0.39 is 28.9 Å². The Labute approximate surface area is 217 Å². The molecule has 0 unspecified atom stereocenters. The van der Waals surface area contributed by atoms with Gasteiger partial charge in [-0.25, -0.2) is 4.98 Å². The van der Waals surface area contributed by atoms with Crippen LogP contribution in [-0.2, 0) is 11.0 Å². The Bertz CT molecular complexity index is 1280. The molecule has 3 fully saturated rings. The average Bonchev–Trinajstić information content (AvgIpc) is 3.06. The highest BCUT2D eigenvalue weighted by Crippen LogP contribution is 2.48. The van der Waals surface area contributed by atoms with Crippen molar-refractivity contribution in [1.82, 2.24) is 4.98 Å². The predicted octanol–water partition coefficient (Wildman–Crippen LogP) is 4.52. The van der Waals surface area contributed by atoms with E-state index in [9.17, 15) is 23.2 Å². The molecule has 12 heteroatoms. The molecule has 0 radical (unpaired) electrons. The number of piperidine rings is 1. The number of carbonyl (C=O) groups is 1. The molecule has 1 aromatic heterocycles. The molecule has 5 rings (SSSR count). The third-order valence-corrected chi connectivity index (χ3v) is 7.75. The van der Waals surface area contributed by atoms with Crippen molar-refractivity contribution in [3.63, 3.8) is 0 Å². The topological polar surface area (TPSA) is 92.5 Å². The quantitative estimate of drug-likeness (QED) is 0.325. The minimum absolute atomic E-state index is 0.0535. The minimum atomic E-state index is -4.81. The van der Waals surface area contributed by atoms with Crippen molar-refractivity contribution >= 4 is 34.6 Å². The summed E-state index contributed by atoms with van der Waals surface area (Å²) < 4.78 is 46.4. The van der Waals surface area contributed by atoms with E-state index in [4.69, 9.17) is 22.2 Å². The van der Waals surface area contributed by atoms with Crippen LogP contribution in [0.1, 0.15) is 43.4 Å². The summed E-state index contributed by atoms with van der Waals surface area (Å²) in [5.74, 6) is 0.211. The molecule has 8 nitrogen and oxygen atoms in total. The molecule has 1 aromatic carbocycles. The van der Waals surface area contributed by atoms with Crippen molar-refractivity contribution in [3.05, 3.63) is 53.0 Å². The minimum Gasteiger partial charge on any atom is -0.633 e. The number of alkyl halides is 3. The van der Waals surface area contributed by atoms with Crippen LogP contribution in [0.3, 0.4) is 0 Å². The lowest BCUT2D eigenvalue weighted by atomic mass is 9.75. The Morgan fingerprint density at radius 2 is 1.86 bits per heavy atom. The van der Waals surface area contributed by atoms with Gasteiger partial charge in [-0.3, -0.25) is 9.69 Å². The number of nitrogens with zero attached hydrogens (tertiary/aromatic N) is 5. The molecular formula is C25H24F3N5O3S. The van der Waals surface area contributed by atoms with Crippen molar-refractivity contribution in [2.45, 2.75) is 49.9 Å². The first-order chi connectivity index (χ1) is 17.4. The lowest BCUT2D eigenvalue weighted by molar-refractivity contribution is -0.866. The van der Waals surface area contributed by atoms with Gasteiger partial charge >= 0.3 is 6.18 Å². The lowest BCUT2D eigenvalue weighted by Crippen LogP contribution is -2.55. The van der Waals surface area contributed by atoms with Gasteiger partial charge in [0.25, 0.3) is 5.91 Å². The van der Waals surface area contributed by atoms with Crippen molar-refractivity contribution in [2.24, 2.45) is 0 Å². The lowest BCUT2D eigenvalue weighted by Gasteiger charge is -2.44. The molecule has 0 atom stereocenters. The summed E-state index contributed by atoms with van der Waals surface area (Å²) in [6.07, 6.45) is -0.701. The molecule has 194 valence electrons. The smallest absolute Gasteiger partial charge is 0.419 e. The zero-order chi connectivity index (χ0) is 26.6. The molecule has 1 amide bonds. The number of ether oxygens (including phenoxy) is 1. The van der Waals surface area contributed by atoms with Crippen LogP contribution in [0.15, 0.2) is 36.5 Å². The normalized spacial score (nSPS) is 25.2. The van der Waals surface area contributed by atoms with Crippen LogP contribution in [0, 0.1) is 16.5 Å². The first-order valence-electron chi connectivity index (χ1n) is 11.9.